The fourth-order valence-corrected chi connectivity index (χ4v) is 3.50. The van der Waals surface area contributed by atoms with Gasteiger partial charge in [0.05, 0.1) is 22.3 Å². The van der Waals surface area contributed by atoms with Crippen LogP contribution in [0.4, 0.5) is 0 Å². The summed E-state index contributed by atoms with van der Waals surface area (Å²) in [6.07, 6.45) is 3.99. The van der Waals surface area contributed by atoms with Crippen LogP contribution in [0, 0.1) is 16.7 Å². The second-order valence-electron chi connectivity index (χ2n) is 6.52. The van der Waals surface area contributed by atoms with E-state index in [1.807, 2.05) is 12.3 Å². The van der Waals surface area contributed by atoms with Gasteiger partial charge >= 0.3 is 0 Å². The number of halogens is 1. The van der Waals surface area contributed by atoms with E-state index in [1.165, 1.54) is 11.3 Å². The van der Waals surface area contributed by atoms with E-state index in [0.29, 0.717) is 10.6 Å². The number of nitrogens with two attached hydrogens (primary N) is 1. The Kier molecular flexibility index (Phi) is 3.32. The Morgan fingerprint density at radius 1 is 1.38 bits per heavy atom. The van der Waals surface area contributed by atoms with Crippen LogP contribution in [0.5, 0.6) is 0 Å². The summed E-state index contributed by atoms with van der Waals surface area (Å²) in [6.45, 7) is 4.49. The van der Waals surface area contributed by atoms with E-state index in [-0.39, 0.29) is 11.5 Å². The molecule has 3 nitrogen and oxygen atoms in total. The van der Waals surface area contributed by atoms with Gasteiger partial charge in [-0.2, -0.15) is 5.26 Å². The minimum absolute atomic E-state index is 0.0714. The lowest BCUT2D eigenvalue weighted by Gasteiger charge is -2.34. The molecular weight excluding hydrogens is 282 g/mol. The topological polar surface area (TPSA) is 54.7 Å². The second-order valence-corrected chi connectivity index (χ2v) is 6.92. The van der Waals surface area contributed by atoms with Crippen molar-refractivity contribution in [2.75, 3.05) is 0 Å². The number of nitrogens with zero attached hydrogens (tertiary/aromatic N) is 2. The number of hydrogen-bond acceptors (Lipinski definition) is 2. The van der Waals surface area contributed by atoms with Gasteiger partial charge in [0, 0.05) is 17.9 Å². The minimum Gasteiger partial charge on any atom is -0.324 e. The van der Waals surface area contributed by atoms with Gasteiger partial charge in [-0.1, -0.05) is 25.4 Å². The van der Waals surface area contributed by atoms with Crippen LogP contribution in [0.3, 0.4) is 0 Å². The van der Waals surface area contributed by atoms with Crippen LogP contribution >= 0.6 is 11.6 Å². The van der Waals surface area contributed by atoms with Gasteiger partial charge in [0.25, 0.3) is 0 Å². The lowest BCUT2D eigenvalue weighted by atomic mass is 9.74. The Morgan fingerprint density at radius 3 is 2.81 bits per heavy atom. The smallest absolute Gasteiger partial charge is 0.0992 e. The van der Waals surface area contributed by atoms with Crippen molar-refractivity contribution in [3.05, 3.63) is 52.3 Å². The molecule has 1 aromatic heterocycles. The lowest BCUT2D eigenvalue weighted by molar-refractivity contribution is 0.278. The maximum atomic E-state index is 8.95. The average Bonchev–Trinajstić information content (AvgIpc) is 2.81. The molecule has 4 heteroatoms. The van der Waals surface area contributed by atoms with E-state index in [4.69, 9.17) is 22.6 Å². The minimum atomic E-state index is 0.0714. The molecule has 0 saturated carbocycles. The summed E-state index contributed by atoms with van der Waals surface area (Å²) in [5.41, 5.74) is 10.4. The van der Waals surface area contributed by atoms with E-state index in [9.17, 15) is 0 Å². The molecule has 1 aromatic carbocycles. The predicted octanol–water partition coefficient (Wildman–Crippen LogP) is 3.97. The van der Waals surface area contributed by atoms with E-state index < -0.39 is 0 Å². The third-order valence-corrected chi connectivity index (χ3v) is 4.48. The predicted molar refractivity (Wildman–Crippen MR) is 84.5 cm³/mol. The highest BCUT2D eigenvalue weighted by Crippen LogP contribution is 2.41. The molecule has 0 aliphatic heterocycles. The molecular formula is C17H18ClN3. The first-order valence-corrected chi connectivity index (χ1v) is 7.45. The SMILES string of the molecule is CC1(C)Cc2c(ccn2-c2ccc(C#N)cc2Cl)C(N)C1. The molecule has 0 amide bonds. The van der Waals surface area contributed by atoms with Crippen molar-refractivity contribution in [3.8, 4) is 11.8 Å². The van der Waals surface area contributed by atoms with Crippen molar-refractivity contribution in [2.24, 2.45) is 11.1 Å². The molecule has 0 saturated heterocycles. The summed E-state index contributed by atoms with van der Waals surface area (Å²) >= 11 is 6.35. The largest absolute Gasteiger partial charge is 0.324 e. The molecule has 0 radical (unpaired) electrons. The van der Waals surface area contributed by atoms with Gasteiger partial charge in [0.2, 0.25) is 0 Å². The Morgan fingerprint density at radius 2 is 2.14 bits per heavy atom. The van der Waals surface area contributed by atoms with E-state index in [2.05, 4.69) is 30.6 Å². The second kappa shape index (κ2) is 4.91. The molecule has 2 N–H and O–H groups in total. The molecule has 21 heavy (non-hydrogen) atoms. The third-order valence-electron chi connectivity index (χ3n) is 4.18. The summed E-state index contributed by atoms with van der Waals surface area (Å²) in [5, 5.41) is 9.53. The normalized spacial score (nSPS) is 19.9. The zero-order valence-electron chi connectivity index (χ0n) is 12.2. The average molecular weight is 300 g/mol. The number of hydrogen-bond donors (Lipinski definition) is 1. The molecule has 1 aliphatic carbocycles. The summed E-state index contributed by atoms with van der Waals surface area (Å²) in [7, 11) is 0. The highest BCUT2D eigenvalue weighted by atomic mass is 35.5. The Balaban J connectivity index is 2.12. The van der Waals surface area contributed by atoms with Crippen LogP contribution in [-0.2, 0) is 6.42 Å². The standard InChI is InChI=1S/C17H18ClN3/c1-17(2)8-14(20)12-5-6-21(16(12)9-17)15-4-3-11(10-19)7-13(15)18/h3-7,14H,8-9,20H2,1-2H3. The first-order chi connectivity index (χ1) is 9.91. The maximum absolute atomic E-state index is 8.95. The van der Waals surface area contributed by atoms with Crippen molar-refractivity contribution < 1.29 is 0 Å². The maximum Gasteiger partial charge on any atom is 0.0992 e. The molecule has 2 aromatic rings. The van der Waals surface area contributed by atoms with Gasteiger partial charge in [-0.3, -0.25) is 0 Å². The molecule has 1 atom stereocenters. The van der Waals surface area contributed by atoms with Gasteiger partial charge in [0.1, 0.15) is 0 Å². The number of rotatable bonds is 1. The number of aromatic nitrogens is 1. The highest BCUT2D eigenvalue weighted by molar-refractivity contribution is 6.32. The Labute approximate surface area is 129 Å². The number of nitriles is 1. The van der Waals surface area contributed by atoms with Gasteiger partial charge < -0.3 is 10.3 Å². The van der Waals surface area contributed by atoms with E-state index in [1.54, 1.807) is 12.1 Å². The molecule has 0 bridgehead atoms. The number of fused-ring (bicyclic) bond motifs is 1. The first kappa shape index (κ1) is 14.2. The van der Waals surface area contributed by atoms with Crippen LogP contribution in [0.15, 0.2) is 30.5 Å². The molecule has 3 rings (SSSR count). The van der Waals surface area contributed by atoms with Crippen LogP contribution in [0.2, 0.25) is 5.02 Å². The molecule has 0 spiro atoms. The van der Waals surface area contributed by atoms with Crippen molar-refractivity contribution >= 4 is 11.6 Å². The summed E-state index contributed by atoms with van der Waals surface area (Å²) in [4.78, 5) is 0. The molecule has 1 aliphatic rings. The Hall–Kier alpha value is -1.76. The van der Waals surface area contributed by atoms with Crippen LogP contribution < -0.4 is 5.73 Å². The van der Waals surface area contributed by atoms with Gasteiger partial charge in [-0.05, 0) is 48.1 Å². The fourth-order valence-electron chi connectivity index (χ4n) is 3.23. The van der Waals surface area contributed by atoms with Gasteiger partial charge in [-0.15, -0.1) is 0 Å². The van der Waals surface area contributed by atoms with Crippen LogP contribution in [-0.4, -0.2) is 4.57 Å². The summed E-state index contributed by atoms with van der Waals surface area (Å²) < 4.78 is 2.11. The monoisotopic (exact) mass is 299 g/mol. The third kappa shape index (κ3) is 2.46. The zero-order valence-corrected chi connectivity index (χ0v) is 13.0. The van der Waals surface area contributed by atoms with Crippen LogP contribution in [0.25, 0.3) is 5.69 Å². The van der Waals surface area contributed by atoms with Gasteiger partial charge in [0.15, 0.2) is 0 Å². The van der Waals surface area contributed by atoms with E-state index in [0.717, 1.165) is 18.5 Å². The Bertz CT molecular complexity index is 737. The first-order valence-electron chi connectivity index (χ1n) is 7.07. The van der Waals surface area contributed by atoms with Crippen LogP contribution in [0.1, 0.15) is 43.1 Å². The van der Waals surface area contributed by atoms with E-state index >= 15 is 0 Å². The highest BCUT2D eigenvalue weighted by Gasteiger charge is 2.32. The van der Waals surface area contributed by atoms with Crippen molar-refractivity contribution in [1.29, 1.82) is 5.26 Å². The van der Waals surface area contributed by atoms with Crippen molar-refractivity contribution in [3.63, 3.8) is 0 Å². The zero-order chi connectivity index (χ0) is 15.2. The fraction of sp³-hybridized carbons (Fsp3) is 0.353. The molecule has 1 heterocycles. The quantitative estimate of drug-likeness (QED) is 0.866. The van der Waals surface area contributed by atoms with Crippen molar-refractivity contribution in [1.82, 2.24) is 4.57 Å². The summed E-state index contributed by atoms with van der Waals surface area (Å²) in [5.74, 6) is 0. The number of benzene rings is 1. The van der Waals surface area contributed by atoms with Gasteiger partial charge in [-0.25, -0.2) is 0 Å². The lowest BCUT2D eigenvalue weighted by Crippen LogP contribution is -2.30. The molecule has 108 valence electrons. The molecule has 0 fully saturated rings. The van der Waals surface area contributed by atoms with Crippen molar-refractivity contribution in [2.45, 2.75) is 32.7 Å². The molecule has 1 unspecified atom stereocenters. The summed E-state index contributed by atoms with van der Waals surface area (Å²) in [6, 6.07) is 9.66.